The minimum atomic E-state index is -0.528. The third-order valence-electron chi connectivity index (χ3n) is 4.32. The van der Waals surface area contributed by atoms with Crippen molar-refractivity contribution in [3.05, 3.63) is 78.0 Å². The van der Waals surface area contributed by atoms with Gasteiger partial charge in [0.2, 0.25) is 5.95 Å². The molecule has 0 amide bonds. The lowest BCUT2D eigenvalue weighted by molar-refractivity contribution is 0.0980. The van der Waals surface area contributed by atoms with Crippen LogP contribution in [-0.2, 0) is 6.42 Å². The highest BCUT2D eigenvalue weighted by atomic mass is 19.1. The Morgan fingerprint density at radius 3 is 2.74 bits per heavy atom. The van der Waals surface area contributed by atoms with Crippen LogP contribution >= 0.6 is 0 Å². The molecule has 0 bridgehead atoms. The standard InChI is InChI=1S/C20H16FN5O/c21-15-7-3-6-14-18(15)24-20(22)25-19(14)17(27)10-9-13-5-1-2-8-16(13)26-12-4-11-23-26/h1-8,11-12H,9-10H2,(H2,22,24,25). The topological polar surface area (TPSA) is 86.7 Å². The first-order chi connectivity index (χ1) is 13.1. The SMILES string of the molecule is Nc1nc(C(=O)CCc2ccccc2-n2cccn2)c2cccc(F)c2n1. The number of anilines is 1. The number of Topliss-reactive ketones (excluding diaryl/α,β-unsaturated/α-hetero) is 1. The molecule has 2 aromatic carbocycles. The number of nitrogen functional groups attached to an aromatic ring is 1. The quantitative estimate of drug-likeness (QED) is 0.551. The highest BCUT2D eigenvalue weighted by Gasteiger charge is 2.17. The number of carbonyl (C=O) groups excluding carboxylic acids is 1. The Morgan fingerprint density at radius 1 is 1.07 bits per heavy atom. The van der Waals surface area contributed by atoms with Crippen molar-refractivity contribution in [3.8, 4) is 5.69 Å². The molecule has 4 rings (SSSR count). The second-order valence-corrected chi connectivity index (χ2v) is 6.07. The zero-order valence-electron chi connectivity index (χ0n) is 14.3. The highest BCUT2D eigenvalue weighted by molar-refractivity contribution is 6.06. The van der Waals surface area contributed by atoms with E-state index in [1.165, 1.54) is 12.1 Å². The molecular weight excluding hydrogens is 345 g/mol. The first kappa shape index (κ1) is 16.8. The Hall–Kier alpha value is -3.61. The molecule has 0 aliphatic heterocycles. The number of rotatable bonds is 5. The van der Waals surface area contributed by atoms with Gasteiger partial charge in [-0.05, 0) is 30.2 Å². The minimum absolute atomic E-state index is 0.0605. The number of halogens is 1. The second kappa shape index (κ2) is 6.95. The molecule has 2 aromatic heterocycles. The normalized spacial score (nSPS) is 11.0. The largest absolute Gasteiger partial charge is 0.368 e. The van der Waals surface area contributed by atoms with Crippen LogP contribution in [0.3, 0.4) is 0 Å². The summed E-state index contributed by atoms with van der Waals surface area (Å²) in [6.07, 6.45) is 4.25. The maximum Gasteiger partial charge on any atom is 0.221 e. The zero-order valence-corrected chi connectivity index (χ0v) is 14.3. The van der Waals surface area contributed by atoms with E-state index in [1.54, 1.807) is 16.9 Å². The fourth-order valence-electron chi connectivity index (χ4n) is 3.07. The van der Waals surface area contributed by atoms with Gasteiger partial charge in [0, 0.05) is 24.2 Å². The molecule has 0 fully saturated rings. The second-order valence-electron chi connectivity index (χ2n) is 6.07. The number of hydrogen-bond acceptors (Lipinski definition) is 5. The van der Waals surface area contributed by atoms with E-state index in [0.717, 1.165) is 11.3 Å². The summed E-state index contributed by atoms with van der Waals surface area (Å²) in [7, 11) is 0. The van der Waals surface area contributed by atoms with Gasteiger partial charge in [-0.3, -0.25) is 4.79 Å². The lowest BCUT2D eigenvalue weighted by Gasteiger charge is -2.10. The fraction of sp³-hybridized carbons (Fsp3) is 0.100. The minimum Gasteiger partial charge on any atom is -0.368 e. The smallest absolute Gasteiger partial charge is 0.221 e. The van der Waals surface area contributed by atoms with Crippen LogP contribution in [0.1, 0.15) is 22.5 Å². The van der Waals surface area contributed by atoms with Gasteiger partial charge in [0.15, 0.2) is 5.78 Å². The predicted molar refractivity (Wildman–Crippen MR) is 100 cm³/mol. The molecule has 2 heterocycles. The first-order valence-corrected chi connectivity index (χ1v) is 8.46. The number of carbonyl (C=O) groups is 1. The number of ketones is 1. The summed E-state index contributed by atoms with van der Waals surface area (Å²) >= 11 is 0. The highest BCUT2D eigenvalue weighted by Crippen LogP contribution is 2.22. The van der Waals surface area contributed by atoms with Crippen molar-refractivity contribution in [1.82, 2.24) is 19.7 Å². The lowest BCUT2D eigenvalue weighted by atomic mass is 10.0. The Morgan fingerprint density at radius 2 is 1.93 bits per heavy atom. The predicted octanol–water partition coefficient (Wildman–Crippen LogP) is 3.35. The maximum atomic E-state index is 14.0. The van der Waals surface area contributed by atoms with Gasteiger partial charge in [-0.15, -0.1) is 0 Å². The molecule has 0 radical (unpaired) electrons. The molecule has 134 valence electrons. The maximum absolute atomic E-state index is 14.0. The van der Waals surface area contributed by atoms with Gasteiger partial charge >= 0.3 is 0 Å². The molecule has 4 aromatic rings. The molecule has 0 aliphatic carbocycles. The lowest BCUT2D eigenvalue weighted by Crippen LogP contribution is -2.10. The molecular formula is C20H16FN5O. The van der Waals surface area contributed by atoms with E-state index in [1.807, 2.05) is 36.5 Å². The van der Waals surface area contributed by atoms with Crippen molar-refractivity contribution in [3.63, 3.8) is 0 Å². The fourth-order valence-corrected chi connectivity index (χ4v) is 3.07. The summed E-state index contributed by atoms with van der Waals surface area (Å²) in [5, 5.41) is 4.62. The van der Waals surface area contributed by atoms with Crippen LogP contribution in [0.15, 0.2) is 60.9 Å². The Labute approximate surface area is 154 Å². The number of nitrogens with two attached hydrogens (primary N) is 1. The zero-order chi connectivity index (χ0) is 18.8. The van der Waals surface area contributed by atoms with Crippen LogP contribution < -0.4 is 5.73 Å². The van der Waals surface area contributed by atoms with Crippen molar-refractivity contribution in [1.29, 1.82) is 0 Å². The van der Waals surface area contributed by atoms with E-state index in [2.05, 4.69) is 15.1 Å². The number of aryl methyl sites for hydroxylation is 1. The summed E-state index contributed by atoms with van der Waals surface area (Å²) in [5.41, 5.74) is 7.77. The number of fused-ring (bicyclic) bond motifs is 1. The van der Waals surface area contributed by atoms with E-state index in [4.69, 9.17) is 5.73 Å². The molecule has 0 atom stereocenters. The summed E-state index contributed by atoms with van der Waals surface area (Å²) in [4.78, 5) is 20.8. The van der Waals surface area contributed by atoms with E-state index >= 15 is 0 Å². The summed E-state index contributed by atoms with van der Waals surface area (Å²) in [6, 6.07) is 14.0. The Kier molecular flexibility index (Phi) is 4.33. The van der Waals surface area contributed by atoms with Gasteiger partial charge in [0.1, 0.15) is 17.0 Å². The third kappa shape index (κ3) is 3.27. The average Bonchev–Trinajstić information content (AvgIpc) is 3.21. The summed E-state index contributed by atoms with van der Waals surface area (Å²) in [5.74, 6) is -0.859. The molecule has 6 nitrogen and oxygen atoms in total. The molecule has 27 heavy (non-hydrogen) atoms. The van der Waals surface area contributed by atoms with E-state index in [9.17, 15) is 9.18 Å². The summed E-state index contributed by atoms with van der Waals surface area (Å²) < 4.78 is 15.8. The third-order valence-corrected chi connectivity index (χ3v) is 4.32. The van der Waals surface area contributed by atoms with Crippen molar-refractivity contribution in [2.24, 2.45) is 0 Å². The Bertz CT molecular complexity index is 1120. The van der Waals surface area contributed by atoms with Crippen molar-refractivity contribution >= 4 is 22.6 Å². The molecule has 7 heteroatoms. The van der Waals surface area contributed by atoms with Crippen LogP contribution in [-0.4, -0.2) is 25.5 Å². The van der Waals surface area contributed by atoms with Crippen molar-refractivity contribution in [2.75, 3.05) is 5.73 Å². The van der Waals surface area contributed by atoms with Gasteiger partial charge in [-0.2, -0.15) is 5.10 Å². The van der Waals surface area contributed by atoms with Crippen LogP contribution in [0.4, 0.5) is 10.3 Å². The monoisotopic (exact) mass is 361 g/mol. The number of nitrogens with zero attached hydrogens (tertiary/aromatic N) is 4. The summed E-state index contributed by atoms with van der Waals surface area (Å²) in [6.45, 7) is 0. The van der Waals surface area contributed by atoms with E-state index in [0.29, 0.717) is 11.8 Å². The average molecular weight is 361 g/mol. The van der Waals surface area contributed by atoms with Gasteiger partial charge in [0.05, 0.1) is 5.69 Å². The molecule has 0 aliphatic rings. The molecule has 2 N–H and O–H groups in total. The van der Waals surface area contributed by atoms with Crippen LogP contribution in [0.2, 0.25) is 0 Å². The molecule has 0 spiro atoms. The van der Waals surface area contributed by atoms with Crippen LogP contribution in [0.5, 0.6) is 0 Å². The number of aromatic nitrogens is 4. The van der Waals surface area contributed by atoms with E-state index in [-0.39, 0.29) is 29.4 Å². The molecule has 0 saturated carbocycles. The first-order valence-electron chi connectivity index (χ1n) is 8.46. The van der Waals surface area contributed by atoms with Crippen LogP contribution in [0, 0.1) is 5.82 Å². The molecule has 0 saturated heterocycles. The number of hydrogen-bond donors (Lipinski definition) is 1. The number of benzene rings is 2. The van der Waals surface area contributed by atoms with Crippen molar-refractivity contribution in [2.45, 2.75) is 12.8 Å². The Balaban J connectivity index is 1.64. The van der Waals surface area contributed by atoms with Gasteiger partial charge in [-0.25, -0.2) is 19.0 Å². The van der Waals surface area contributed by atoms with Gasteiger partial charge in [-0.1, -0.05) is 30.3 Å². The number of para-hydroxylation sites is 2. The molecule has 0 unspecified atom stereocenters. The van der Waals surface area contributed by atoms with Crippen LogP contribution in [0.25, 0.3) is 16.6 Å². The van der Waals surface area contributed by atoms with Crippen molar-refractivity contribution < 1.29 is 9.18 Å². The van der Waals surface area contributed by atoms with E-state index < -0.39 is 5.82 Å². The van der Waals surface area contributed by atoms with Gasteiger partial charge < -0.3 is 5.73 Å². The van der Waals surface area contributed by atoms with Gasteiger partial charge in [0.25, 0.3) is 0 Å².